The highest BCUT2D eigenvalue weighted by molar-refractivity contribution is 6.30. The molecule has 76 valence electrons. The van der Waals surface area contributed by atoms with Crippen molar-refractivity contribution in [2.24, 2.45) is 0 Å². The molecule has 2 aromatic carbocycles. The first-order valence-electron chi connectivity index (χ1n) is 4.77. The van der Waals surface area contributed by atoms with Crippen molar-refractivity contribution in [3.8, 4) is 5.75 Å². The van der Waals surface area contributed by atoms with Gasteiger partial charge in [-0.15, -0.1) is 0 Å². The van der Waals surface area contributed by atoms with E-state index in [0.717, 1.165) is 16.3 Å². The van der Waals surface area contributed by atoms with Crippen LogP contribution in [-0.4, -0.2) is 0 Å². The summed E-state index contributed by atoms with van der Waals surface area (Å²) in [4.78, 5) is 0. The predicted molar refractivity (Wildman–Crippen MR) is 62.2 cm³/mol. The molecule has 0 atom stereocenters. The topological polar surface area (TPSA) is 9.23 Å². The van der Waals surface area contributed by atoms with E-state index >= 15 is 0 Å². The first-order chi connectivity index (χ1) is 7.34. The summed E-state index contributed by atoms with van der Waals surface area (Å²) in [5, 5.41) is 0.740. The van der Waals surface area contributed by atoms with Gasteiger partial charge in [0.05, 0.1) is 0 Å². The lowest BCUT2D eigenvalue weighted by atomic mass is 10.2. The van der Waals surface area contributed by atoms with Crippen molar-refractivity contribution < 1.29 is 4.74 Å². The Morgan fingerprint density at radius 3 is 2.47 bits per heavy atom. The van der Waals surface area contributed by atoms with Crippen LogP contribution in [0.4, 0.5) is 0 Å². The zero-order valence-corrected chi connectivity index (χ0v) is 8.95. The number of rotatable bonds is 3. The van der Waals surface area contributed by atoms with E-state index in [1.54, 1.807) is 0 Å². The molecule has 0 radical (unpaired) electrons. The molecule has 15 heavy (non-hydrogen) atoms. The highest BCUT2D eigenvalue weighted by atomic mass is 35.5. The number of para-hydroxylation sites is 1. The molecule has 0 amide bonds. The number of benzene rings is 2. The second kappa shape index (κ2) is 4.85. The number of hydrogen-bond acceptors (Lipinski definition) is 1. The van der Waals surface area contributed by atoms with Crippen molar-refractivity contribution in [3.05, 3.63) is 65.2 Å². The first-order valence-corrected chi connectivity index (χ1v) is 5.15. The standard InChI is InChI=1S/C13H11ClO/c14-12-6-4-5-11(9-12)10-15-13-7-2-1-3-8-13/h1-9H,10H2. The van der Waals surface area contributed by atoms with Crippen LogP contribution >= 0.6 is 11.6 Å². The Kier molecular flexibility index (Phi) is 3.25. The minimum absolute atomic E-state index is 0.546. The summed E-state index contributed by atoms with van der Waals surface area (Å²) in [6.07, 6.45) is 0. The van der Waals surface area contributed by atoms with Gasteiger partial charge in [0.1, 0.15) is 12.4 Å². The van der Waals surface area contributed by atoms with E-state index in [9.17, 15) is 0 Å². The summed E-state index contributed by atoms with van der Waals surface area (Å²) in [5.74, 6) is 0.873. The largest absolute Gasteiger partial charge is 0.489 e. The van der Waals surface area contributed by atoms with Crippen molar-refractivity contribution in [2.45, 2.75) is 6.61 Å². The van der Waals surface area contributed by atoms with Gasteiger partial charge in [0.2, 0.25) is 0 Å². The number of ether oxygens (including phenoxy) is 1. The zero-order chi connectivity index (χ0) is 10.5. The van der Waals surface area contributed by atoms with E-state index in [4.69, 9.17) is 16.3 Å². The summed E-state index contributed by atoms with van der Waals surface area (Å²) >= 11 is 5.87. The van der Waals surface area contributed by atoms with Crippen LogP contribution in [-0.2, 0) is 6.61 Å². The molecular formula is C13H11ClO. The lowest BCUT2D eigenvalue weighted by Crippen LogP contribution is -1.94. The Hall–Kier alpha value is -1.47. The Bertz CT molecular complexity index is 426. The van der Waals surface area contributed by atoms with Gasteiger partial charge in [0.25, 0.3) is 0 Å². The van der Waals surface area contributed by atoms with Gasteiger partial charge in [-0.25, -0.2) is 0 Å². The molecule has 0 aromatic heterocycles. The highest BCUT2D eigenvalue weighted by Gasteiger charge is 1.95. The van der Waals surface area contributed by atoms with Gasteiger partial charge in [-0.05, 0) is 29.8 Å². The van der Waals surface area contributed by atoms with Crippen LogP contribution in [0, 0.1) is 0 Å². The maximum absolute atomic E-state index is 5.87. The van der Waals surface area contributed by atoms with Gasteiger partial charge in [0.15, 0.2) is 0 Å². The van der Waals surface area contributed by atoms with Gasteiger partial charge >= 0.3 is 0 Å². The van der Waals surface area contributed by atoms with E-state index in [1.807, 2.05) is 54.6 Å². The van der Waals surface area contributed by atoms with E-state index < -0.39 is 0 Å². The monoisotopic (exact) mass is 218 g/mol. The molecule has 2 heteroatoms. The van der Waals surface area contributed by atoms with Gasteiger partial charge in [-0.2, -0.15) is 0 Å². The highest BCUT2D eigenvalue weighted by Crippen LogP contribution is 2.14. The normalized spacial score (nSPS) is 9.93. The van der Waals surface area contributed by atoms with Gasteiger partial charge in [-0.3, -0.25) is 0 Å². The molecule has 0 saturated heterocycles. The quantitative estimate of drug-likeness (QED) is 0.759. The summed E-state index contributed by atoms with van der Waals surface area (Å²) in [6, 6.07) is 17.4. The van der Waals surface area contributed by atoms with Crippen molar-refractivity contribution in [1.29, 1.82) is 0 Å². The van der Waals surface area contributed by atoms with Crippen LogP contribution in [0.15, 0.2) is 54.6 Å². The SMILES string of the molecule is Clc1cccc(COc2ccccc2)c1. The van der Waals surface area contributed by atoms with Crippen LogP contribution in [0.2, 0.25) is 5.02 Å². The summed E-state index contributed by atoms with van der Waals surface area (Å²) < 4.78 is 5.59. The molecular weight excluding hydrogens is 208 g/mol. The van der Waals surface area contributed by atoms with E-state index in [0.29, 0.717) is 6.61 Å². The van der Waals surface area contributed by atoms with E-state index in [2.05, 4.69) is 0 Å². The molecule has 0 fully saturated rings. The Balaban J connectivity index is 1.99. The first kappa shape index (κ1) is 10.1. The molecule has 0 N–H and O–H groups in total. The van der Waals surface area contributed by atoms with E-state index in [-0.39, 0.29) is 0 Å². The number of hydrogen-bond donors (Lipinski definition) is 0. The second-order valence-corrected chi connectivity index (χ2v) is 3.67. The van der Waals surface area contributed by atoms with Crippen molar-refractivity contribution in [2.75, 3.05) is 0 Å². The molecule has 0 spiro atoms. The fraction of sp³-hybridized carbons (Fsp3) is 0.0769. The molecule has 0 aliphatic heterocycles. The van der Waals surface area contributed by atoms with Crippen molar-refractivity contribution in [1.82, 2.24) is 0 Å². The lowest BCUT2D eigenvalue weighted by Gasteiger charge is -2.05. The fourth-order valence-corrected chi connectivity index (χ4v) is 1.52. The summed E-state index contributed by atoms with van der Waals surface area (Å²) in [7, 11) is 0. The molecule has 1 nitrogen and oxygen atoms in total. The number of halogens is 1. The molecule has 0 heterocycles. The van der Waals surface area contributed by atoms with E-state index in [1.165, 1.54) is 0 Å². The van der Waals surface area contributed by atoms with Crippen LogP contribution in [0.5, 0.6) is 5.75 Å². The molecule has 0 bridgehead atoms. The lowest BCUT2D eigenvalue weighted by molar-refractivity contribution is 0.306. The van der Waals surface area contributed by atoms with Crippen molar-refractivity contribution >= 4 is 11.6 Å². The van der Waals surface area contributed by atoms with Gasteiger partial charge in [-0.1, -0.05) is 41.9 Å². The maximum atomic E-state index is 5.87. The smallest absolute Gasteiger partial charge is 0.119 e. The Morgan fingerprint density at radius 2 is 1.73 bits per heavy atom. The molecule has 0 aliphatic rings. The van der Waals surface area contributed by atoms with Gasteiger partial charge in [0, 0.05) is 5.02 Å². The minimum Gasteiger partial charge on any atom is -0.489 e. The third kappa shape index (κ3) is 3.00. The van der Waals surface area contributed by atoms with Crippen LogP contribution in [0.3, 0.4) is 0 Å². The Labute approximate surface area is 94.3 Å². The third-order valence-corrected chi connectivity index (χ3v) is 2.27. The van der Waals surface area contributed by atoms with Crippen LogP contribution in [0.25, 0.3) is 0 Å². The summed E-state index contributed by atoms with van der Waals surface area (Å²) in [5.41, 5.74) is 1.08. The molecule has 0 saturated carbocycles. The third-order valence-electron chi connectivity index (χ3n) is 2.04. The molecule has 0 aliphatic carbocycles. The molecule has 0 unspecified atom stereocenters. The van der Waals surface area contributed by atoms with Crippen LogP contribution in [0.1, 0.15) is 5.56 Å². The minimum atomic E-state index is 0.546. The summed E-state index contributed by atoms with van der Waals surface area (Å²) in [6.45, 7) is 0.546. The molecule has 2 rings (SSSR count). The maximum Gasteiger partial charge on any atom is 0.119 e. The molecule has 2 aromatic rings. The fourth-order valence-electron chi connectivity index (χ4n) is 1.31. The average molecular weight is 219 g/mol. The second-order valence-electron chi connectivity index (χ2n) is 3.23. The zero-order valence-electron chi connectivity index (χ0n) is 8.19. The predicted octanol–water partition coefficient (Wildman–Crippen LogP) is 3.92. The Morgan fingerprint density at radius 1 is 0.933 bits per heavy atom. The average Bonchev–Trinajstić information content (AvgIpc) is 2.28. The van der Waals surface area contributed by atoms with Crippen LogP contribution < -0.4 is 4.74 Å². The van der Waals surface area contributed by atoms with Crippen molar-refractivity contribution in [3.63, 3.8) is 0 Å². The van der Waals surface area contributed by atoms with Gasteiger partial charge < -0.3 is 4.74 Å².